The summed E-state index contributed by atoms with van der Waals surface area (Å²) in [6, 6.07) is 6.00. The molecule has 1 heterocycles. The number of aromatic hydroxyl groups is 2. The van der Waals surface area contributed by atoms with E-state index in [0.29, 0.717) is 38.9 Å². The summed E-state index contributed by atoms with van der Waals surface area (Å²) in [6.45, 7) is 0.320. The van der Waals surface area contributed by atoms with Gasteiger partial charge >= 0.3 is 0 Å². The van der Waals surface area contributed by atoms with Gasteiger partial charge in [0.1, 0.15) is 22.5 Å². The van der Waals surface area contributed by atoms with Gasteiger partial charge in [0.2, 0.25) is 0 Å². The summed E-state index contributed by atoms with van der Waals surface area (Å²) in [5, 5.41) is 23.0. The van der Waals surface area contributed by atoms with Crippen molar-refractivity contribution in [1.29, 1.82) is 0 Å². The standard InChI is InChI=1S/C13H9Cl2N3O2S/c14-8-4-9(15)12-13(18-21-17-12)11(8)16-5-6-1-2-7(19)3-10(6)20/h1-4,16,19-20H,5H2. The van der Waals surface area contributed by atoms with Gasteiger partial charge in [0.05, 0.1) is 27.5 Å². The molecule has 3 aromatic rings. The highest BCUT2D eigenvalue weighted by atomic mass is 35.5. The van der Waals surface area contributed by atoms with Crippen molar-refractivity contribution in [2.45, 2.75) is 6.54 Å². The second-order valence-corrected chi connectivity index (χ2v) is 5.69. The highest BCUT2D eigenvalue weighted by Crippen LogP contribution is 2.35. The lowest BCUT2D eigenvalue weighted by atomic mass is 10.2. The third kappa shape index (κ3) is 2.70. The lowest BCUT2D eigenvalue weighted by molar-refractivity contribution is 0.446. The van der Waals surface area contributed by atoms with Crippen molar-refractivity contribution < 1.29 is 10.2 Å². The Balaban J connectivity index is 1.93. The van der Waals surface area contributed by atoms with Crippen LogP contribution >= 0.6 is 34.9 Å². The summed E-state index contributed by atoms with van der Waals surface area (Å²) in [6.07, 6.45) is 0. The third-order valence-electron chi connectivity index (χ3n) is 2.97. The molecule has 0 amide bonds. The SMILES string of the molecule is Oc1ccc(CNc2c(Cl)cc(Cl)c3nsnc23)c(O)c1. The zero-order chi connectivity index (χ0) is 15.0. The van der Waals surface area contributed by atoms with E-state index in [2.05, 4.69) is 14.1 Å². The average molecular weight is 342 g/mol. The predicted molar refractivity (Wildman–Crippen MR) is 84.5 cm³/mol. The highest BCUT2D eigenvalue weighted by Gasteiger charge is 2.14. The monoisotopic (exact) mass is 341 g/mol. The Labute approximate surface area is 134 Å². The second-order valence-electron chi connectivity index (χ2n) is 4.34. The Morgan fingerprint density at radius 1 is 1.05 bits per heavy atom. The van der Waals surface area contributed by atoms with Crippen molar-refractivity contribution >= 4 is 51.7 Å². The molecule has 0 aliphatic rings. The van der Waals surface area contributed by atoms with Gasteiger partial charge in [0.15, 0.2) is 0 Å². The van der Waals surface area contributed by atoms with Crippen LogP contribution in [0, 0.1) is 0 Å². The van der Waals surface area contributed by atoms with Gasteiger partial charge in [-0.05, 0) is 18.2 Å². The Morgan fingerprint density at radius 3 is 2.57 bits per heavy atom. The molecule has 3 N–H and O–H groups in total. The van der Waals surface area contributed by atoms with Crippen LogP contribution in [0.25, 0.3) is 11.0 Å². The van der Waals surface area contributed by atoms with Gasteiger partial charge < -0.3 is 15.5 Å². The molecule has 3 rings (SSSR count). The largest absolute Gasteiger partial charge is 0.508 e. The van der Waals surface area contributed by atoms with Gasteiger partial charge in [-0.1, -0.05) is 23.2 Å². The minimum atomic E-state index is 0.000215. The number of nitrogens with one attached hydrogen (secondary N) is 1. The molecule has 0 unspecified atom stereocenters. The first kappa shape index (κ1) is 14.2. The van der Waals surface area contributed by atoms with Crippen LogP contribution in [0.5, 0.6) is 11.5 Å². The summed E-state index contributed by atoms with van der Waals surface area (Å²) in [7, 11) is 0. The van der Waals surface area contributed by atoms with Crippen LogP contribution in [0.4, 0.5) is 5.69 Å². The van der Waals surface area contributed by atoms with Crippen LogP contribution < -0.4 is 5.32 Å². The molecular formula is C13H9Cl2N3O2S. The van der Waals surface area contributed by atoms with Gasteiger partial charge in [-0.15, -0.1) is 0 Å². The molecule has 0 aliphatic carbocycles. The fourth-order valence-electron chi connectivity index (χ4n) is 1.93. The van der Waals surface area contributed by atoms with Crippen molar-refractivity contribution in [3.8, 4) is 11.5 Å². The van der Waals surface area contributed by atoms with E-state index in [9.17, 15) is 10.2 Å². The second kappa shape index (κ2) is 5.55. The van der Waals surface area contributed by atoms with Crippen molar-refractivity contribution in [2.24, 2.45) is 0 Å². The number of nitrogens with zero attached hydrogens (tertiary/aromatic N) is 2. The molecule has 5 nitrogen and oxygen atoms in total. The van der Waals surface area contributed by atoms with Gasteiger partial charge in [0, 0.05) is 18.2 Å². The average Bonchev–Trinajstić information content (AvgIpc) is 2.90. The molecule has 108 valence electrons. The fourth-order valence-corrected chi connectivity index (χ4v) is 3.11. The van der Waals surface area contributed by atoms with Gasteiger partial charge in [-0.3, -0.25) is 0 Å². The lowest BCUT2D eigenvalue weighted by Gasteiger charge is -2.11. The minimum absolute atomic E-state index is 0.000215. The van der Waals surface area contributed by atoms with Crippen LogP contribution in [-0.4, -0.2) is 19.0 Å². The molecule has 0 atom stereocenters. The first-order valence-electron chi connectivity index (χ1n) is 5.91. The fraction of sp³-hybridized carbons (Fsp3) is 0.0769. The van der Waals surface area contributed by atoms with Crippen molar-refractivity contribution in [3.05, 3.63) is 39.9 Å². The quantitative estimate of drug-likeness (QED) is 0.670. The van der Waals surface area contributed by atoms with E-state index in [1.807, 2.05) is 0 Å². The molecule has 1 aromatic heterocycles. The summed E-state index contributed by atoms with van der Waals surface area (Å²) in [5.41, 5.74) is 2.41. The van der Waals surface area contributed by atoms with Crippen molar-refractivity contribution in [2.75, 3.05) is 5.32 Å². The van der Waals surface area contributed by atoms with Crippen LogP contribution in [0.15, 0.2) is 24.3 Å². The van der Waals surface area contributed by atoms with E-state index in [1.54, 1.807) is 12.1 Å². The molecule has 0 aliphatic heterocycles. The number of hydrogen-bond donors (Lipinski definition) is 3. The summed E-state index contributed by atoms with van der Waals surface area (Å²) in [5.74, 6) is 0.00657. The van der Waals surface area contributed by atoms with E-state index in [0.717, 1.165) is 11.7 Å². The number of benzene rings is 2. The Hall–Kier alpha value is -1.76. The van der Waals surface area contributed by atoms with E-state index in [4.69, 9.17) is 23.2 Å². The first-order valence-corrected chi connectivity index (χ1v) is 7.40. The molecule has 21 heavy (non-hydrogen) atoms. The molecule has 0 bridgehead atoms. The smallest absolute Gasteiger partial charge is 0.130 e. The molecule has 0 radical (unpaired) electrons. The molecule has 0 spiro atoms. The zero-order valence-electron chi connectivity index (χ0n) is 10.5. The molecule has 8 heteroatoms. The Morgan fingerprint density at radius 2 is 1.81 bits per heavy atom. The van der Waals surface area contributed by atoms with Crippen LogP contribution in [0.2, 0.25) is 10.0 Å². The molecule has 0 saturated heterocycles. The lowest BCUT2D eigenvalue weighted by Crippen LogP contribution is -2.01. The third-order valence-corrected chi connectivity index (χ3v) is 4.08. The minimum Gasteiger partial charge on any atom is -0.508 e. The number of fused-ring (bicyclic) bond motifs is 1. The number of phenolic OH excluding ortho intramolecular Hbond substituents is 2. The van der Waals surface area contributed by atoms with Crippen LogP contribution in [0.1, 0.15) is 5.56 Å². The topological polar surface area (TPSA) is 78.3 Å². The zero-order valence-corrected chi connectivity index (χ0v) is 12.8. The Kier molecular flexibility index (Phi) is 3.75. The van der Waals surface area contributed by atoms with Crippen LogP contribution in [0.3, 0.4) is 0 Å². The van der Waals surface area contributed by atoms with Gasteiger partial charge in [0.25, 0.3) is 0 Å². The predicted octanol–water partition coefficient (Wildman–Crippen LogP) is 4.02. The van der Waals surface area contributed by atoms with Crippen molar-refractivity contribution in [1.82, 2.24) is 8.75 Å². The van der Waals surface area contributed by atoms with Crippen molar-refractivity contribution in [3.63, 3.8) is 0 Å². The van der Waals surface area contributed by atoms with Gasteiger partial charge in [-0.25, -0.2) is 0 Å². The highest BCUT2D eigenvalue weighted by molar-refractivity contribution is 7.00. The summed E-state index contributed by atoms with van der Waals surface area (Å²) < 4.78 is 8.31. The number of anilines is 1. The van der Waals surface area contributed by atoms with E-state index in [1.165, 1.54) is 12.1 Å². The molecular weight excluding hydrogens is 333 g/mol. The van der Waals surface area contributed by atoms with E-state index >= 15 is 0 Å². The maximum absolute atomic E-state index is 9.78. The van der Waals surface area contributed by atoms with Gasteiger partial charge in [-0.2, -0.15) is 8.75 Å². The van der Waals surface area contributed by atoms with E-state index in [-0.39, 0.29) is 11.5 Å². The molecule has 0 fully saturated rings. The number of halogens is 2. The number of hydrogen-bond acceptors (Lipinski definition) is 6. The number of aromatic nitrogens is 2. The first-order chi connectivity index (χ1) is 10.1. The molecule has 2 aromatic carbocycles. The summed E-state index contributed by atoms with van der Waals surface area (Å²) >= 11 is 13.3. The maximum atomic E-state index is 9.78. The Bertz CT molecular complexity index is 823. The molecule has 0 saturated carbocycles. The van der Waals surface area contributed by atoms with E-state index < -0.39 is 0 Å². The maximum Gasteiger partial charge on any atom is 0.130 e. The normalized spacial score (nSPS) is 11.0. The number of phenols is 2. The summed E-state index contributed by atoms with van der Waals surface area (Å²) in [4.78, 5) is 0. The van der Waals surface area contributed by atoms with Crippen LogP contribution in [-0.2, 0) is 6.54 Å². The number of rotatable bonds is 3.